The number of amides is 3. The Hall–Kier alpha value is -2.67. The van der Waals surface area contributed by atoms with Crippen LogP contribution in [-0.4, -0.2) is 40.7 Å². The minimum absolute atomic E-state index is 0.272. The number of carbonyl (C=O) groups excluding carboxylic acids is 3. The first-order valence-corrected chi connectivity index (χ1v) is 9.69. The SMILES string of the molecule is CC(C)(C)NC(=O)C1C(=O)Nc2sccc2C(=O)N1CCc1ccccc1. The van der Waals surface area contributed by atoms with E-state index in [2.05, 4.69) is 10.6 Å². The van der Waals surface area contributed by atoms with Gasteiger partial charge >= 0.3 is 0 Å². The van der Waals surface area contributed by atoms with Gasteiger partial charge in [-0.25, -0.2) is 0 Å². The molecule has 0 fully saturated rings. The van der Waals surface area contributed by atoms with Gasteiger partial charge in [-0.15, -0.1) is 11.3 Å². The van der Waals surface area contributed by atoms with Crippen LogP contribution in [0.15, 0.2) is 41.8 Å². The van der Waals surface area contributed by atoms with Crippen LogP contribution in [0.25, 0.3) is 0 Å². The van der Waals surface area contributed by atoms with Gasteiger partial charge in [0.05, 0.1) is 5.56 Å². The molecule has 2 heterocycles. The Morgan fingerprint density at radius 2 is 1.89 bits per heavy atom. The summed E-state index contributed by atoms with van der Waals surface area (Å²) in [5, 5.41) is 7.80. The smallest absolute Gasteiger partial charge is 0.257 e. The van der Waals surface area contributed by atoms with Crippen molar-refractivity contribution in [3.63, 3.8) is 0 Å². The molecular formula is C20H23N3O3S. The molecule has 0 spiro atoms. The standard InChI is InChI=1S/C20H23N3O3S/c1-20(2,3)22-17(25)15-16(24)21-18-14(10-12-27-18)19(26)23(15)11-9-13-7-5-4-6-8-13/h4-8,10,12,15H,9,11H2,1-3H3,(H,21,24)(H,22,25). The van der Waals surface area contributed by atoms with Crippen LogP contribution >= 0.6 is 11.3 Å². The van der Waals surface area contributed by atoms with Crippen LogP contribution in [-0.2, 0) is 16.0 Å². The topological polar surface area (TPSA) is 78.5 Å². The molecule has 0 saturated heterocycles. The molecule has 0 radical (unpaired) electrons. The van der Waals surface area contributed by atoms with Crippen molar-refractivity contribution in [3.8, 4) is 0 Å². The molecule has 27 heavy (non-hydrogen) atoms. The van der Waals surface area contributed by atoms with Crippen LogP contribution in [0.2, 0.25) is 0 Å². The molecule has 0 saturated carbocycles. The molecule has 3 amide bonds. The predicted molar refractivity (Wildman–Crippen MR) is 106 cm³/mol. The molecule has 1 unspecified atom stereocenters. The van der Waals surface area contributed by atoms with Crippen LogP contribution in [0, 0.1) is 0 Å². The number of carbonyl (C=O) groups is 3. The first kappa shape index (κ1) is 19.1. The minimum atomic E-state index is -1.21. The summed E-state index contributed by atoms with van der Waals surface area (Å²) in [6.45, 7) is 5.79. The zero-order chi connectivity index (χ0) is 19.6. The number of nitrogens with zero attached hydrogens (tertiary/aromatic N) is 1. The molecule has 0 bridgehead atoms. The third-order valence-corrected chi connectivity index (χ3v) is 5.01. The summed E-state index contributed by atoms with van der Waals surface area (Å²) in [5.74, 6) is -1.27. The summed E-state index contributed by atoms with van der Waals surface area (Å²) in [6, 6.07) is 10.2. The second kappa shape index (κ2) is 7.52. The van der Waals surface area contributed by atoms with Crippen LogP contribution in [0.5, 0.6) is 0 Å². The first-order chi connectivity index (χ1) is 12.8. The fraction of sp³-hybridized carbons (Fsp3) is 0.350. The zero-order valence-electron chi connectivity index (χ0n) is 15.6. The molecule has 1 aliphatic rings. The summed E-state index contributed by atoms with van der Waals surface area (Å²) in [4.78, 5) is 40.1. The normalized spacial score (nSPS) is 17.1. The lowest BCUT2D eigenvalue weighted by atomic mass is 10.1. The zero-order valence-corrected chi connectivity index (χ0v) is 16.4. The Morgan fingerprint density at radius 3 is 2.56 bits per heavy atom. The first-order valence-electron chi connectivity index (χ1n) is 8.81. The van der Waals surface area contributed by atoms with Gasteiger partial charge in [0.2, 0.25) is 0 Å². The number of nitrogens with one attached hydrogen (secondary N) is 2. The third kappa shape index (κ3) is 4.36. The van der Waals surface area contributed by atoms with E-state index in [4.69, 9.17) is 0 Å². The lowest BCUT2D eigenvalue weighted by Crippen LogP contribution is -2.57. The van der Waals surface area contributed by atoms with Crippen molar-refractivity contribution in [1.82, 2.24) is 10.2 Å². The molecule has 1 aromatic heterocycles. The van der Waals surface area contributed by atoms with Crippen LogP contribution in [0.1, 0.15) is 36.7 Å². The lowest BCUT2D eigenvalue weighted by Gasteiger charge is -2.30. The Kier molecular flexibility index (Phi) is 5.32. The average Bonchev–Trinajstić information content (AvgIpc) is 3.01. The average molecular weight is 385 g/mol. The van der Waals surface area contributed by atoms with Crippen molar-refractivity contribution in [2.75, 3.05) is 11.9 Å². The van der Waals surface area contributed by atoms with Crippen LogP contribution < -0.4 is 10.6 Å². The highest BCUT2D eigenvalue weighted by atomic mass is 32.1. The summed E-state index contributed by atoms with van der Waals surface area (Å²) in [5.41, 5.74) is 0.950. The Labute approximate surface area is 162 Å². The molecule has 0 aliphatic carbocycles. The van der Waals surface area contributed by atoms with Crippen molar-refractivity contribution < 1.29 is 14.4 Å². The number of fused-ring (bicyclic) bond motifs is 1. The molecular weight excluding hydrogens is 362 g/mol. The van der Waals surface area contributed by atoms with Gasteiger partial charge in [-0.1, -0.05) is 30.3 Å². The highest BCUT2D eigenvalue weighted by molar-refractivity contribution is 7.14. The van der Waals surface area contributed by atoms with Gasteiger partial charge in [-0.2, -0.15) is 0 Å². The molecule has 3 rings (SSSR count). The maximum Gasteiger partial charge on any atom is 0.257 e. The molecule has 2 aromatic rings. The predicted octanol–water partition coefficient (Wildman–Crippen LogP) is 2.67. The van der Waals surface area contributed by atoms with Gasteiger partial charge < -0.3 is 15.5 Å². The van der Waals surface area contributed by atoms with Gasteiger partial charge in [0, 0.05) is 12.1 Å². The van der Waals surface area contributed by atoms with Gasteiger partial charge in [0.15, 0.2) is 6.04 Å². The number of hydrogen-bond acceptors (Lipinski definition) is 4. The fourth-order valence-corrected chi connectivity index (χ4v) is 3.77. The van der Waals surface area contributed by atoms with Crippen molar-refractivity contribution in [2.45, 2.75) is 38.8 Å². The number of rotatable bonds is 4. The van der Waals surface area contributed by atoms with Crippen molar-refractivity contribution in [2.24, 2.45) is 0 Å². The second-order valence-electron chi connectivity index (χ2n) is 7.53. The van der Waals surface area contributed by atoms with Crippen molar-refractivity contribution in [1.29, 1.82) is 0 Å². The summed E-state index contributed by atoms with van der Waals surface area (Å²) >= 11 is 1.28. The van der Waals surface area contributed by atoms with Crippen molar-refractivity contribution in [3.05, 3.63) is 52.9 Å². The van der Waals surface area contributed by atoms with E-state index >= 15 is 0 Å². The summed E-state index contributed by atoms with van der Waals surface area (Å²) in [6.07, 6.45) is 0.554. The number of benzene rings is 1. The highest BCUT2D eigenvalue weighted by Crippen LogP contribution is 2.29. The minimum Gasteiger partial charge on any atom is -0.349 e. The molecule has 2 N–H and O–H groups in total. The lowest BCUT2D eigenvalue weighted by molar-refractivity contribution is -0.134. The van der Waals surface area contributed by atoms with E-state index in [-0.39, 0.29) is 12.5 Å². The quantitative estimate of drug-likeness (QED) is 0.795. The van der Waals surface area contributed by atoms with Gasteiger partial charge in [-0.3, -0.25) is 14.4 Å². The number of anilines is 1. The largest absolute Gasteiger partial charge is 0.349 e. The maximum atomic E-state index is 13.1. The van der Waals surface area contributed by atoms with E-state index in [1.807, 2.05) is 51.1 Å². The molecule has 6 nitrogen and oxygen atoms in total. The fourth-order valence-electron chi connectivity index (χ4n) is 2.99. The Balaban J connectivity index is 1.92. The second-order valence-corrected chi connectivity index (χ2v) is 8.44. The molecule has 142 valence electrons. The van der Waals surface area contributed by atoms with Gasteiger partial charge in [0.1, 0.15) is 5.00 Å². The Morgan fingerprint density at radius 1 is 1.19 bits per heavy atom. The molecule has 1 aromatic carbocycles. The van der Waals surface area contributed by atoms with Crippen molar-refractivity contribution >= 4 is 34.1 Å². The third-order valence-electron chi connectivity index (χ3n) is 4.18. The summed E-state index contributed by atoms with van der Waals surface area (Å²) < 4.78 is 0. The monoisotopic (exact) mass is 385 g/mol. The number of thiophene rings is 1. The van der Waals surface area contributed by atoms with E-state index in [1.54, 1.807) is 11.4 Å². The van der Waals surface area contributed by atoms with Gasteiger partial charge in [-0.05, 0) is 44.2 Å². The van der Waals surface area contributed by atoms with E-state index in [0.29, 0.717) is 17.0 Å². The van der Waals surface area contributed by atoms with E-state index in [9.17, 15) is 14.4 Å². The highest BCUT2D eigenvalue weighted by Gasteiger charge is 2.41. The maximum absolute atomic E-state index is 13.1. The molecule has 7 heteroatoms. The van der Waals surface area contributed by atoms with Crippen LogP contribution in [0.4, 0.5) is 5.00 Å². The Bertz CT molecular complexity index is 855. The van der Waals surface area contributed by atoms with Gasteiger partial charge in [0.25, 0.3) is 17.7 Å². The number of hydrogen-bond donors (Lipinski definition) is 2. The summed E-state index contributed by atoms with van der Waals surface area (Å²) in [7, 11) is 0. The van der Waals surface area contributed by atoms with E-state index in [0.717, 1.165) is 5.56 Å². The van der Waals surface area contributed by atoms with E-state index in [1.165, 1.54) is 16.2 Å². The molecule has 1 atom stereocenters. The van der Waals surface area contributed by atoms with Crippen LogP contribution in [0.3, 0.4) is 0 Å². The molecule has 1 aliphatic heterocycles. The van der Waals surface area contributed by atoms with E-state index < -0.39 is 23.4 Å².